The molecule has 0 radical (unpaired) electrons. The molecule has 0 spiro atoms. The van der Waals surface area contributed by atoms with Crippen LogP contribution in [-0.4, -0.2) is 4.57 Å². The second-order valence-electron chi connectivity index (χ2n) is 2.66. The fourth-order valence-electron chi connectivity index (χ4n) is 1.05. The normalized spacial score (nSPS) is 9.67. The molecule has 0 aromatic carbocycles. The van der Waals surface area contributed by atoms with Crippen molar-refractivity contribution in [3.05, 3.63) is 47.4 Å². The Morgan fingerprint density at radius 2 is 2.33 bits per heavy atom. The van der Waals surface area contributed by atoms with Crippen molar-refractivity contribution >= 4 is 0 Å². The minimum Gasteiger partial charge on any atom is -0.316 e. The molecule has 1 rings (SSSR count). The molecule has 0 fully saturated rings. The molecule has 0 aliphatic heterocycles. The molecule has 0 unspecified atom stereocenters. The van der Waals surface area contributed by atoms with Crippen LogP contribution in [0.1, 0.15) is 12.8 Å². The lowest BCUT2D eigenvalue weighted by Crippen LogP contribution is -2.17. The van der Waals surface area contributed by atoms with Crippen LogP contribution in [0.5, 0.6) is 0 Å². The molecule has 0 N–H and O–H groups in total. The van der Waals surface area contributed by atoms with Crippen molar-refractivity contribution in [2.45, 2.75) is 19.4 Å². The van der Waals surface area contributed by atoms with Crippen molar-refractivity contribution < 1.29 is 0 Å². The standard InChI is InChI=1S/C10H13NO/c1-2-3-5-8-11-9-6-4-7-10(11)12/h2,4,6-7,9H,1,3,5,8H2. The summed E-state index contributed by atoms with van der Waals surface area (Å²) in [5.74, 6) is 0. The Balaban J connectivity index is 2.57. The van der Waals surface area contributed by atoms with Gasteiger partial charge in [-0.25, -0.2) is 0 Å². The summed E-state index contributed by atoms with van der Waals surface area (Å²) in [6.45, 7) is 4.41. The lowest BCUT2D eigenvalue weighted by molar-refractivity contribution is 0.629. The number of aryl methyl sites for hydroxylation is 1. The number of rotatable bonds is 4. The molecule has 0 saturated carbocycles. The van der Waals surface area contributed by atoms with Crippen LogP contribution < -0.4 is 5.56 Å². The van der Waals surface area contributed by atoms with Crippen LogP contribution in [0.25, 0.3) is 0 Å². The van der Waals surface area contributed by atoms with Crippen LogP contribution in [0.2, 0.25) is 0 Å². The minimum atomic E-state index is 0.0709. The van der Waals surface area contributed by atoms with E-state index in [0.717, 1.165) is 19.4 Å². The van der Waals surface area contributed by atoms with E-state index in [1.807, 2.05) is 18.3 Å². The highest BCUT2D eigenvalue weighted by Crippen LogP contribution is 1.92. The lowest BCUT2D eigenvalue weighted by atomic mass is 10.3. The van der Waals surface area contributed by atoms with Gasteiger partial charge in [0.25, 0.3) is 0 Å². The van der Waals surface area contributed by atoms with Gasteiger partial charge in [-0.15, -0.1) is 6.58 Å². The highest BCUT2D eigenvalue weighted by atomic mass is 16.1. The molecule has 0 aliphatic carbocycles. The summed E-state index contributed by atoms with van der Waals surface area (Å²) in [6.07, 6.45) is 5.62. The second kappa shape index (κ2) is 4.54. The minimum absolute atomic E-state index is 0.0709. The maximum Gasteiger partial charge on any atom is 0.250 e. The summed E-state index contributed by atoms with van der Waals surface area (Å²) in [4.78, 5) is 11.2. The van der Waals surface area contributed by atoms with Crippen LogP contribution in [0.3, 0.4) is 0 Å². The summed E-state index contributed by atoms with van der Waals surface area (Å²) in [5, 5.41) is 0. The highest BCUT2D eigenvalue weighted by molar-refractivity contribution is 4.93. The average Bonchev–Trinajstić information content (AvgIpc) is 2.09. The Hall–Kier alpha value is -1.31. The smallest absolute Gasteiger partial charge is 0.250 e. The van der Waals surface area contributed by atoms with Gasteiger partial charge < -0.3 is 4.57 Å². The summed E-state index contributed by atoms with van der Waals surface area (Å²) in [5.41, 5.74) is 0.0709. The number of allylic oxidation sites excluding steroid dienone is 1. The molecular formula is C10H13NO. The maximum absolute atomic E-state index is 11.2. The van der Waals surface area contributed by atoms with E-state index in [1.54, 1.807) is 16.7 Å². The van der Waals surface area contributed by atoms with E-state index in [0.29, 0.717) is 0 Å². The molecule has 12 heavy (non-hydrogen) atoms. The van der Waals surface area contributed by atoms with Crippen molar-refractivity contribution in [1.82, 2.24) is 4.57 Å². The molecule has 0 saturated heterocycles. The summed E-state index contributed by atoms with van der Waals surface area (Å²) in [7, 11) is 0. The van der Waals surface area contributed by atoms with E-state index in [-0.39, 0.29) is 5.56 Å². The van der Waals surface area contributed by atoms with Crippen molar-refractivity contribution in [2.24, 2.45) is 0 Å². The molecule has 1 heterocycles. The molecule has 64 valence electrons. The van der Waals surface area contributed by atoms with E-state index in [1.165, 1.54) is 0 Å². The van der Waals surface area contributed by atoms with Crippen molar-refractivity contribution in [3.63, 3.8) is 0 Å². The quantitative estimate of drug-likeness (QED) is 0.490. The van der Waals surface area contributed by atoms with Gasteiger partial charge >= 0.3 is 0 Å². The molecule has 2 nitrogen and oxygen atoms in total. The largest absolute Gasteiger partial charge is 0.316 e. The van der Waals surface area contributed by atoms with Gasteiger partial charge in [-0.3, -0.25) is 4.79 Å². The molecule has 0 bridgehead atoms. The van der Waals surface area contributed by atoms with E-state index < -0.39 is 0 Å². The van der Waals surface area contributed by atoms with E-state index in [4.69, 9.17) is 0 Å². The van der Waals surface area contributed by atoms with Gasteiger partial charge in [0.1, 0.15) is 0 Å². The Labute approximate surface area is 72.2 Å². The number of aromatic nitrogens is 1. The Bertz CT molecular complexity index is 301. The predicted molar refractivity (Wildman–Crippen MR) is 50.1 cm³/mol. The zero-order valence-electron chi connectivity index (χ0n) is 7.07. The Morgan fingerprint density at radius 1 is 1.50 bits per heavy atom. The summed E-state index contributed by atoms with van der Waals surface area (Å²) in [6, 6.07) is 5.20. The lowest BCUT2D eigenvalue weighted by Gasteiger charge is -2.01. The molecule has 0 amide bonds. The van der Waals surface area contributed by atoms with Gasteiger partial charge in [0.2, 0.25) is 5.56 Å². The van der Waals surface area contributed by atoms with Gasteiger partial charge in [-0.1, -0.05) is 12.1 Å². The van der Waals surface area contributed by atoms with Crippen LogP contribution in [0.15, 0.2) is 41.8 Å². The second-order valence-corrected chi connectivity index (χ2v) is 2.66. The topological polar surface area (TPSA) is 22.0 Å². The maximum atomic E-state index is 11.2. The van der Waals surface area contributed by atoms with E-state index >= 15 is 0 Å². The van der Waals surface area contributed by atoms with Gasteiger partial charge in [-0.05, 0) is 18.9 Å². The first-order valence-corrected chi connectivity index (χ1v) is 4.11. The zero-order chi connectivity index (χ0) is 8.81. The van der Waals surface area contributed by atoms with Gasteiger partial charge in [0, 0.05) is 18.8 Å². The molecular weight excluding hydrogens is 150 g/mol. The van der Waals surface area contributed by atoms with Crippen LogP contribution >= 0.6 is 0 Å². The monoisotopic (exact) mass is 163 g/mol. The molecule has 0 aliphatic rings. The van der Waals surface area contributed by atoms with Crippen molar-refractivity contribution in [1.29, 1.82) is 0 Å². The number of pyridine rings is 1. The number of nitrogens with zero attached hydrogens (tertiary/aromatic N) is 1. The fraction of sp³-hybridized carbons (Fsp3) is 0.300. The third-order valence-corrected chi connectivity index (χ3v) is 1.71. The summed E-state index contributed by atoms with van der Waals surface area (Å²) >= 11 is 0. The first-order chi connectivity index (χ1) is 5.84. The number of hydrogen-bond acceptors (Lipinski definition) is 1. The van der Waals surface area contributed by atoms with Crippen LogP contribution in [0, 0.1) is 0 Å². The first-order valence-electron chi connectivity index (χ1n) is 4.11. The first kappa shape index (κ1) is 8.78. The van der Waals surface area contributed by atoms with Gasteiger partial charge in [0.15, 0.2) is 0 Å². The van der Waals surface area contributed by atoms with Crippen molar-refractivity contribution in [3.8, 4) is 0 Å². The van der Waals surface area contributed by atoms with Crippen molar-refractivity contribution in [2.75, 3.05) is 0 Å². The average molecular weight is 163 g/mol. The third-order valence-electron chi connectivity index (χ3n) is 1.71. The predicted octanol–water partition coefficient (Wildman–Crippen LogP) is 1.81. The van der Waals surface area contributed by atoms with Crippen LogP contribution in [-0.2, 0) is 6.54 Å². The third kappa shape index (κ3) is 2.38. The molecule has 1 aromatic heterocycles. The van der Waals surface area contributed by atoms with Gasteiger partial charge in [0.05, 0.1) is 0 Å². The fourth-order valence-corrected chi connectivity index (χ4v) is 1.05. The van der Waals surface area contributed by atoms with E-state index in [2.05, 4.69) is 6.58 Å². The SMILES string of the molecule is C=CCCCn1ccccc1=O. The molecule has 2 heteroatoms. The Morgan fingerprint density at radius 3 is 3.00 bits per heavy atom. The zero-order valence-corrected chi connectivity index (χ0v) is 7.07. The highest BCUT2D eigenvalue weighted by Gasteiger charge is 1.90. The van der Waals surface area contributed by atoms with E-state index in [9.17, 15) is 4.79 Å². The Kier molecular flexibility index (Phi) is 3.33. The molecule has 0 atom stereocenters. The number of unbranched alkanes of at least 4 members (excludes halogenated alkanes) is 1. The number of hydrogen-bond donors (Lipinski definition) is 0. The van der Waals surface area contributed by atoms with Crippen LogP contribution in [0.4, 0.5) is 0 Å². The molecule has 1 aromatic rings. The summed E-state index contributed by atoms with van der Waals surface area (Å²) < 4.78 is 1.71. The van der Waals surface area contributed by atoms with Gasteiger partial charge in [-0.2, -0.15) is 0 Å².